The highest BCUT2D eigenvalue weighted by molar-refractivity contribution is 7.90. The predicted octanol–water partition coefficient (Wildman–Crippen LogP) is 4.39. The first-order valence-electron chi connectivity index (χ1n) is 7.73. The molecule has 0 aromatic heterocycles. The molecule has 1 unspecified atom stereocenters. The quantitative estimate of drug-likeness (QED) is 0.545. The van der Waals surface area contributed by atoms with Crippen LogP contribution in [0.5, 0.6) is 5.75 Å². The third-order valence-electron chi connectivity index (χ3n) is 3.84. The average molecular weight is 355 g/mol. The van der Waals surface area contributed by atoms with Crippen LogP contribution < -0.4 is 10.5 Å². The molecule has 0 radical (unpaired) electrons. The van der Waals surface area contributed by atoms with E-state index >= 15 is 0 Å². The van der Waals surface area contributed by atoms with Gasteiger partial charge in [0.1, 0.15) is 17.3 Å². The summed E-state index contributed by atoms with van der Waals surface area (Å²) >= 11 is -1.25. The molecule has 0 saturated carbocycles. The number of benzene rings is 3. The maximum absolute atomic E-state index is 13.0. The first-order valence-corrected chi connectivity index (χ1v) is 9.05. The molecule has 0 spiro atoms. The van der Waals surface area contributed by atoms with Crippen molar-refractivity contribution in [2.45, 2.75) is 10.6 Å². The third-order valence-corrected chi connectivity index (χ3v) is 5.23. The van der Waals surface area contributed by atoms with Crippen LogP contribution in [0, 0.1) is 5.82 Å². The highest BCUT2D eigenvalue weighted by atomic mass is 32.2. The van der Waals surface area contributed by atoms with Crippen molar-refractivity contribution in [2.24, 2.45) is 0 Å². The van der Waals surface area contributed by atoms with E-state index in [-0.39, 0.29) is 5.82 Å². The molecule has 3 aromatic carbocycles. The number of methoxy groups -OCH3 is 1. The van der Waals surface area contributed by atoms with Gasteiger partial charge in [0.15, 0.2) is 4.90 Å². The zero-order valence-electron chi connectivity index (χ0n) is 13.7. The molecular weight excluding hydrogens is 337 g/mol. The van der Waals surface area contributed by atoms with Crippen LogP contribution >= 0.6 is 0 Å². The minimum Gasteiger partial charge on any atom is -0.611 e. The second-order valence-electron chi connectivity index (χ2n) is 5.60. The van der Waals surface area contributed by atoms with Crippen molar-refractivity contribution in [3.05, 3.63) is 78.1 Å². The molecule has 0 aliphatic heterocycles. The van der Waals surface area contributed by atoms with Crippen LogP contribution in [0.2, 0.25) is 0 Å². The van der Waals surface area contributed by atoms with Gasteiger partial charge in [0.2, 0.25) is 0 Å². The number of halogens is 1. The first kappa shape index (κ1) is 17.3. The summed E-state index contributed by atoms with van der Waals surface area (Å²) < 4.78 is 31.0. The summed E-state index contributed by atoms with van der Waals surface area (Å²) in [7, 11) is 1.61. The van der Waals surface area contributed by atoms with Crippen molar-refractivity contribution in [2.75, 3.05) is 12.8 Å². The molecule has 0 saturated heterocycles. The van der Waals surface area contributed by atoms with Crippen LogP contribution in [-0.2, 0) is 16.9 Å². The Hall–Kier alpha value is -2.50. The van der Waals surface area contributed by atoms with Crippen LogP contribution in [0.25, 0.3) is 11.1 Å². The Balaban J connectivity index is 1.90. The molecule has 3 nitrogen and oxygen atoms in total. The summed E-state index contributed by atoms with van der Waals surface area (Å²) in [4.78, 5) is 0.600. The summed E-state index contributed by atoms with van der Waals surface area (Å²) in [6.07, 6.45) is 0. The van der Waals surface area contributed by atoms with E-state index < -0.39 is 11.2 Å². The van der Waals surface area contributed by atoms with E-state index in [0.717, 1.165) is 22.4 Å². The van der Waals surface area contributed by atoms with E-state index in [9.17, 15) is 8.94 Å². The van der Waals surface area contributed by atoms with Crippen LogP contribution in [-0.4, -0.2) is 11.7 Å². The fourth-order valence-electron chi connectivity index (χ4n) is 2.60. The van der Waals surface area contributed by atoms with E-state index in [0.29, 0.717) is 16.3 Å². The van der Waals surface area contributed by atoms with Gasteiger partial charge in [-0.15, -0.1) is 0 Å². The van der Waals surface area contributed by atoms with Crippen LogP contribution in [0.15, 0.2) is 71.6 Å². The normalized spacial score (nSPS) is 12.0. The summed E-state index contributed by atoms with van der Waals surface area (Å²) in [5.74, 6) is 0.723. The Bertz CT molecular complexity index is 868. The van der Waals surface area contributed by atoms with Gasteiger partial charge in [0.05, 0.1) is 7.11 Å². The molecule has 0 bridgehead atoms. The summed E-state index contributed by atoms with van der Waals surface area (Å²) in [6, 6.07) is 19.0. The van der Waals surface area contributed by atoms with Gasteiger partial charge in [-0.05, 0) is 65.3 Å². The molecule has 0 aliphatic rings. The van der Waals surface area contributed by atoms with E-state index in [1.165, 1.54) is 12.1 Å². The Morgan fingerprint density at radius 3 is 2.48 bits per heavy atom. The Morgan fingerprint density at radius 2 is 1.80 bits per heavy atom. The monoisotopic (exact) mass is 355 g/mol. The molecule has 128 valence electrons. The van der Waals surface area contributed by atoms with Crippen LogP contribution in [0.4, 0.5) is 10.1 Å². The Labute approximate surface area is 149 Å². The maximum Gasteiger partial charge on any atom is 0.153 e. The number of rotatable bonds is 5. The standard InChI is InChI=1S/C20H18FNO2S/c1-24-20-10-5-14(11-19(20)15-3-2-4-17(22)12-15)13-25(23)18-8-6-16(21)7-9-18/h2-12H,13,22H2,1H3. The van der Waals surface area contributed by atoms with E-state index in [1.54, 1.807) is 19.2 Å². The molecule has 25 heavy (non-hydrogen) atoms. The predicted molar refractivity (Wildman–Crippen MR) is 99.4 cm³/mol. The van der Waals surface area contributed by atoms with Crippen molar-refractivity contribution in [1.29, 1.82) is 0 Å². The molecule has 0 fully saturated rings. The molecule has 5 heteroatoms. The summed E-state index contributed by atoms with van der Waals surface area (Å²) in [5, 5.41) is 0. The SMILES string of the molecule is COc1ccc(C[S+]([O-])c2ccc(F)cc2)cc1-c1cccc(N)c1. The molecule has 0 heterocycles. The first-order chi connectivity index (χ1) is 12.1. The number of nitrogen functional groups attached to an aromatic ring is 1. The van der Waals surface area contributed by atoms with E-state index in [1.807, 2.05) is 42.5 Å². The molecule has 0 aliphatic carbocycles. The molecule has 2 N–H and O–H groups in total. The van der Waals surface area contributed by atoms with Gasteiger partial charge in [-0.25, -0.2) is 4.39 Å². The van der Waals surface area contributed by atoms with Gasteiger partial charge in [-0.2, -0.15) is 0 Å². The van der Waals surface area contributed by atoms with Gasteiger partial charge < -0.3 is 15.0 Å². The minimum atomic E-state index is -1.25. The lowest BCUT2D eigenvalue weighted by Gasteiger charge is -2.14. The number of ether oxygens (including phenoxy) is 1. The molecule has 3 rings (SSSR count). The zero-order valence-corrected chi connectivity index (χ0v) is 14.6. The van der Waals surface area contributed by atoms with Crippen molar-refractivity contribution in [3.8, 4) is 16.9 Å². The summed E-state index contributed by atoms with van der Waals surface area (Å²) in [5.41, 5.74) is 9.27. The van der Waals surface area contributed by atoms with Gasteiger partial charge in [-0.1, -0.05) is 18.2 Å². The molecule has 0 amide bonds. The smallest absolute Gasteiger partial charge is 0.153 e. The van der Waals surface area contributed by atoms with Gasteiger partial charge in [0, 0.05) is 16.8 Å². The van der Waals surface area contributed by atoms with Crippen molar-refractivity contribution < 1.29 is 13.7 Å². The highest BCUT2D eigenvalue weighted by Crippen LogP contribution is 2.32. The lowest BCUT2D eigenvalue weighted by Crippen LogP contribution is -2.05. The van der Waals surface area contributed by atoms with E-state index in [4.69, 9.17) is 10.5 Å². The van der Waals surface area contributed by atoms with E-state index in [2.05, 4.69) is 0 Å². The highest BCUT2D eigenvalue weighted by Gasteiger charge is 2.14. The van der Waals surface area contributed by atoms with Gasteiger partial charge in [-0.3, -0.25) is 0 Å². The lowest BCUT2D eigenvalue weighted by atomic mass is 10.0. The largest absolute Gasteiger partial charge is 0.611 e. The van der Waals surface area contributed by atoms with Crippen LogP contribution in [0.1, 0.15) is 5.56 Å². The molecular formula is C20H18FNO2S. The Morgan fingerprint density at radius 1 is 1.04 bits per heavy atom. The average Bonchev–Trinajstić information content (AvgIpc) is 2.62. The fraction of sp³-hybridized carbons (Fsp3) is 0.100. The van der Waals surface area contributed by atoms with Crippen LogP contribution in [0.3, 0.4) is 0 Å². The molecule has 1 atom stereocenters. The number of anilines is 1. The third kappa shape index (κ3) is 4.13. The second kappa shape index (κ2) is 7.59. The van der Waals surface area contributed by atoms with Gasteiger partial charge in [0.25, 0.3) is 0 Å². The van der Waals surface area contributed by atoms with Crippen molar-refractivity contribution in [3.63, 3.8) is 0 Å². The number of nitrogens with two attached hydrogens (primary N) is 1. The number of hydrogen-bond acceptors (Lipinski definition) is 3. The summed E-state index contributed by atoms with van der Waals surface area (Å²) in [6.45, 7) is 0. The van der Waals surface area contributed by atoms with Gasteiger partial charge >= 0.3 is 0 Å². The molecule has 3 aromatic rings. The zero-order chi connectivity index (χ0) is 17.8. The second-order valence-corrected chi connectivity index (χ2v) is 7.06. The minimum absolute atomic E-state index is 0.338. The lowest BCUT2D eigenvalue weighted by molar-refractivity contribution is 0.416. The maximum atomic E-state index is 13.0. The van der Waals surface area contributed by atoms with Crippen molar-refractivity contribution >= 4 is 16.9 Å². The Kier molecular flexibility index (Phi) is 5.26. The topological polar surface area (TPSA) is 58.3 Å². The fourth-order valence-corrected chi connectivity index (χ4v) is 3.69. The number of hydrogen-bond donors (Lipinski definition) is 1. The van der Waals surface area contributed by atoms with Crippen molar-refractivity contribution in [1.82, 2.24) is 0 Å².